The molecule has 0 aliphatic heterocycles. The topological polar surface area (TPSA) is 86.1 Å². The van der Waals surface area contributed by atoms with E-state index < -0.39 is 22.7 Å². The standard InChI is InChI=1S/C27H19F3N4O3S/c1-37-24-16-18(17-4-2-5-20(14-17)27(28,29)30)6-9-23(24)34-22-10-8-21(15-19(22)7-11-25(34)35)38(36)33-26-31-12-3-13-32-26/h2-16H,1H3,(H,31,32,33). The van der Waals surface area contributed by atoms with Gasteiger partial charge in [-0.15, -0.1) is 0 Å². The van der Waals surface area contributed by atoms with E-state index in [0.29, 0.717) is 38.4 Å². The van der Waals surface area contributed by atoms with Crippen LogP contribution in [-0.4, -0.2) is 25.9 Å². The van der Waals surface area contributed by atoms with E-state index in [4.69, 9.17) is 4.74 Å². The molecule has 1 unspecified atom stereocenters. The van der Waals surface area contributed by atoms with Gasteiger partial charge in [0.15, 0.2) is 11.0 Å². The third kappa shape index (κ3) is 5.00. The van der Waals surface area contributed by atoms with Crippen molar-refractivity contribution in [2.75, 3.05) is 11.8 Å². The molecule has 0 spiro atoms. The first kappa shape index (κ1) is 25.2. The lowest BCUT2D eigenvalue weighted by molar-refractivity contribution is -0.137. The van der Waals surface area contributed by atoms with E-state index in [-0.39, 0.29) is 11.5 Å². The smallest absolute Gasteiger partial charge is 0.416 e. The lowest BCUT2D eigenvalue weighted by Gasteiger charge is -2.16. The number of methoxy groups -OCH3 is 1. The summed E-state index contributed by atoms with van der Waals surface area (Å²) in [5.41, 5.74) is 0.689. The van der Waals surface area contributed by atoms with E-state index >= 15 is 0 Å². The number of hydrogen-bond acceptors (Lipinski definition) is 5. The van der Waals surface area contributed by atoms with Gasteiger partial charge in [-0.2, -0.15) is 13.2 Å². The first-order valence-electron chi connectivity index (χ1n) is 11.2. The number of halogens is 3. The summed E-state index contributed by atoms with van der Waals surface area (Å²) in [7, 11) is -0.233. The molecule has 38 heavy (non-hydrogen) atoms. The van der Waals surface area contributed by atoms with Crippen LogP contribution < -0.4 is 15.0 Å². The number of alkyl halides is 3. The molecule has 5 rings (SSSR count). The zero-order valence-corrected chi connectivity index (χ0v) is 20.6. The van der Waals surface area contributed by atoms with Gasteiger partial charge in [0.25, 0.3) is 5.56 Å². The van der Waals surface area contributed by atoms with Crippen LogP contribution in [-0.2, 0) is 17.2 Å². The van der Waals surface area contributed by atoms with Gasteiger partial charge in [-0.25, -0.2) is 14.2 Å². The number of ether oxygens (including phenoxy) is 1. The highest BCUT2D eigenvalue weighted by atomic mass is 32.2. The van der Waals surface area contributed by atoms with E-state index in [1.54, 1.807) is 54.6 Å². The third-order valence-electron chi connectivity index (χ3n) is 5.77. The Morgan fingerprint density at radius 1 is 0.895 bits per heavy atom. The van der Waals surface area contributed by atoms with Gasteiger partial charge < -0.3 is 4.74 Å². The van der Waals surface area contributed by atoms with Gasteiger partial charge in [0.1, 0.15) is 5.75 Å². The van der Waals surface area contributed by atoms with Crippen molar-refractivity contribution in [1.29, 1.82) is 0 Å². The Morgan fingerprint density at radius 3 is 2.39 bits per heavy atom. The third-order valence-corrected chi connectivity index (χ3v) is 6.82. The first-order chi connectivity index (χ1) is 18.2. The second-order valence-corrected chi connectivity index (χ2v) is 9.35. The zero-order chi connectivity index (χ0) is 26.9. The summed E-state index contributed by atoms with van der Waals surface area (Å²) in [4.78, 5) is 21.4. The van der Waals surface area contributed by atoms with Crippen LogP contribution in [0.5, 0.6) is 5.75 Å². The van der Waals surface area contributed by atoms with Gasteiger partial charge >= 0.3 is 6.18 Å². The molecule has 0 radical (unpaired) electrons. The molecule has 192 valence electrons. The number of aromatic nitrogens is 3. The van der Waals surface area contributed by atoms with E-state index in [1.165, 1.54) is 36.2 Å². The van der Waals surface area contributed by atoms with Crippen LogP contribution in [0.1, 0.15) is 5.56 Å². The van der Waals surface area contributed by atoms with E-state index in [9.17, 15) is 22.2 Å². The monoisotopic (exact) mass is 536 g/mol. The molecule has 3 aromatic carbocycles. The normalized spacial score (nSPS) is 12.3. The lowest BCUT2D eigenvalue weighted by atomic mass is 10.0. The van der Waals surface area contributed by atoms with Crippen molar-refractivity contribution >= 4 is 27.8 Å². The highest BCUT2D eigenvalue weighted by Gasteiger charge is 2.30. The van der Waals surface area contributed by atoms with Crippen LogP contribution in [0.3, 0.4) is 0 Å². The van der Waals surface area contributed by atoms with E-state index in [1.807, 2.05) is 0 Å². The van der Waals surface area contributed by atoms with Gasteiger partial charge in [0.05, 0.1) is 28.8 Å². The maximum Gasteiger partial charge on any atom is 0.416 e. The molecule has 5 aromatic rings. The Labute approximate surface area is 217 Å². The fraction of sp³-hybridized carbons (Fsp3) is 0.0741. The Hall–Kier alpha value is -4.51. The van der Waals surface area contributed by atoms with E-state index in [0.717, 1.165) is 12.1 Å². The first-order valence-corrected chi connectivity index (χ1v) is 12.4. The minimum absolute atomic E-state index is 0.210. The highest BCUT2D eigenvalue weighted by molar-refractivity contribution is 7.86. The van der Waals surface area contributed by atoms with Crippen LogP contribution in [0, 0.1) is 0 Å². The summed E-state index contributed by atoms with van der Waals surface area (Å²) in [6.07, 6.45) is -1.42. The molecule has 0 bridgehead atoms. The lowest BCUT2D eigenvalue weighted by Crippen LogP contribution is -2.18. The van der Waals surface area contributed by atoms with Gasteiger partial charge in [0, 0.05) is 23.8 Å². The summed E-state index contributed by atoms with van der Waals surface area (Å²) >= 11 is 0. The van der Waals surface area contributed by atoms with Crippen molar-refractivity contribution < 1.29 is 22.1 Å². The molecule has 0 aliphatic rings. The number of hydrogen-bond donors (Lipinski definition) is 1. The van der Waals surface area contributed by atoms with Crippen molar-refractivity contribution in [2.45, 2.75) is 11.1 Å². The summed E-state index contributed by atoms with van der Waals surface area (Å²) in [5.74, 6) is 0.506. The molecule has 0 aliphatic carbocycles. The Bertz CT molecular complexity index is 1720. The second-order valence-electron chi connectivity index (χ2n) is 8.14. The van der Waals surface area contributed by atoms with Crippen LogP contribution in [0.15, 0.2) is 101 Å². The summed E-state index contributed by atoms with van der Waals surface area (Å²) in [6, 6.07) is 19.4. The number of nitrogens with zero attached hydrogens (tertiary/aromatic N) is 3. The van der Waals surface area contributed by atoms with Crippen molar-refractivity contribution in [3.05, 3.63) is 107 Å². The molecule has 0 saturated heterocycles. The molecule has 2 aromatic heterocycles. The number of rotatable bonds is 6. The highest BCUT2D eigenvalue weighted by Crippen LogP contribution is 2.35. The minimum Gasteiger partial charge on any atom is -0.495 e. The predicted molar refractivity (Wildman–Crippen MR) is 139 cm³/mol. The number of fused-ring (bicyclic) bond motifs is 1. The van der Waals surface area contributed by atoms with E-state index in [2.05, 4.69) is 14.7 Å². The average Bonchev–Trinajstić information content (AvgIpc) is 2.92. The summed E-state index contributed by atoms with van der Waals surface area (Å²) in [5, 5.41) is 0.634. The van der Waals surface area contributed by atoms with Gasteiger partial charge in [-0.1, -0.05) is 18.2 Å². The van der Waals surface area contributed by atoms with Gasteiger partial charge in [-0.05, 0) is 65.7 Å². The van der Waals surface area contributed by atoms with Crippen molar-refractivity contribution in [1.82, 2.24) is 14.5 Å². The molecule has 0 amide bonds. The van der Waals surface area contributed by atoms with Gasteiger partial charge in [-0.3, -0.25) is 14.1 Å². The van der Waals surface area contributed by atoms with Crippen LogP contribution in [0.4, 0.5) is 19.1 Å². The zero-order valence-electron chi connectivity index (χ0n) is 19.8. The Morgan fingerprint density at radius 2 is 1.66 bits per heavy atom. The second kappa shape index (κ2) is 10.1. The van der Waals surface area contributed by atoms with Crippen molar-refractivity contribution in [3.63, 3.8) is 0 Å². The summed E-state index contributed by atoms with van der Waals surface area (Å²) in [6.45, 7) is 0. The fourth-order valence-electron chi connectivity index (χ4n) is 4.00. The summed E-state index contributed by atoms with van der Waals surface area (Å²) < 4.78 is 62.1. The maximum atomic E-state index is 13.2. The van der Waals surface area contributed by atoms with Crippen LogP contribution in [0.25, 0.3) is 27.7 Å². The molecular formula is C27H19F3N4O3S. The van der Waals surface area contributed by atoms with Crippen molar-refractivity contribution in [3.8, 4) is 22.6 Å². The average molecular weight is 537 g/mol. The predicted octanol–water partition coefficient (Wildman–Crippen LogP) is 5.61. The molecule has 11 heteroatoms. The van der Waals surface area contributed by atoms with Crippen molar-refractivity contribution in [2.24, 2.45) is 0 Å². The van der Waals surface area contributed by atoms with Crippen LogP contribution >= 0.6 is 0 Å². The fourth-order valence-corrected chi connectivity index (χ4v) is 4.81. The number of anilines is 1. The molecule has 1 N–H and O–H groups in total. The largest absolute Gasteiger partial charge is 0.495 e. The number of pyridine rings is 1. The van der Waals surface area contributed by atoms with Gasteiger partial charge in [0.2, 0.25) is 5.95 Å². The minimum atomic E-state index is -4.47. The maximum absolute atomic E-state index is 13.2. The number of benzene rings is 3. The van der Waals surface area contributed by atoms with Crippen LogP contribution in [0.2, 0.25) is 0 Å². The molecule has 0 fully saturated rings. The Balaban J connectivity index is 1.55. The molecule has 0 saturated carbocycles. The molecular weight excluding hydrogens is 517 g/mol. The molecule has 1 atom stereocenters. The quantitative estimate of drug-likeness (QED) is 0.305. The molecule has 2 heterocycles. The Kier molecular flexibility index (Phi) is 6.68. The SMILES string of the molecule is COc1cc(-c2cccc(C(F)(F)F)c2)ccc1-n1c(=O)ccc2cc(S(=O)Nc3ncccn3)ccc21. The molecule has 7 nitrogen and oxygen atoms in total. The number of nitrogens with one attached hydrogen (secondary N) is 1.